The van der Waals surface area contributed by atoms with Crippen LogP contribution in [0, 0.1) is 6.54 Å². The van der Waals surface area contributed by atoms with E-state index in [4.69, 9.17) is 4.74 Å². The van der Waals surface area contributed by atoms with Crippen molar-refractivity contribution in [3.63, 3.8) is 0 Å². The van der Waals surface area contributed by atoms with Crippen molar-refractivity contribution in [2.75, 3.05) is 31.6 Å². The summed E-state index contributed by atoms with van der Waals surface area (Å²) in [6.07, 6.45) is 0. The molecule has 3 nitrogen and oxygen atoms in total. The standard InChI is InChI=1S/C11H15N2O/c1-14-11-4-2-10(3-5-11)13-8-6-12-7-9-13/h2-5,8,12H,6-7,9H2,1H3. The maximum atomic E-state index is 5.12. The van der Waals surface area contributed by atoms with E-state index < -0.39 is 0 Å². The van der Waals surface area contributed by atoms with Gasteiger partial charge in [-0.2, -0.15) is 0 Å². The van der Waals surface area contributed by atoms with Gasteiger partial charge in [0.2, 0.25) is 0 Å². The van der Waals surface area contributed by atoms with Crippen molar-refractivity contribution < 1.29 is 4.74 Å². The zero-order valence-electron chi connectivity index (χ0n) is 8.36. The molecule has 0 unspecified atom stereocenters. The minimum atomic E-state index is 0.906. The second kappa shape index (κ2) is 4.33. The van der Waals surface area contributed by atoms with Gasteiger partial charge in [-0.3, -0.25) is 0 Å². The lowest BCUT2D eigenvalue weighted by Gasteiger charge is -2.28. The fourth-order valence-corrected chi connectivity index (χ4v) is 1.58. The van der Waals surface area contributed by atoms with Crippen LogP contribution in [0.15, 0.2) is 24.3 Å². The molecular formula is C11H15N2O. The van der Waals surface area contributed by atoms with Gasteiger partial charge in [0.1, 0.15) is 5.75 Å². The molecule has 1 saturated heterocycles. The number of piperazine rings is 1. The molecule has 1 N–H and O–H groups in total. The number of hydrogen-bond donors (Lipinski definition) is 1. The molecule has 1 radical (unpaired) electrons. The normalized spacial score (nSPS) is 16.8. The lowest BCUT2D eigenvalue weighted by molar-refractivity contribution is 0.415. The van der Waals surface area contributed by atoms with Crippen LogP contribution in [0.4, 0.5) is 5.69 Å². The summed E-state index contributed by atoms with van der Waals surface area (Å²) in [5, 5.41) is 3.29. The maximum absolute atomic E-state index is 5.12. The summed E-state index contributed by atoms with van der Waals surface area (Å²) >= 11 is 0. The lowest BCUT2D eigenvalue weighted by atomic mass is 10.2. The van der Waals surface area contributed by atoms with Crippen molar-refractivity contribution >= 4 is 5.69 Å². The molecule has 1 aromatic rings. The molecule has 75 valence electrons. The third-order valence-electron chi connectivity index (χ3n) is 2.39. The number of anilines is 1. The highest BCUT2D eigenvalue weighted by Crippen LogP contribution is 2.20. The van der Waals surface area contributed by atoms with Crippen molar-refractivity contribution in [2.24, 2.45) is 0 Å². The summed E-state index contributed by atoms with van der Waals surface area (Å²) in [5.41, 5.74) is 1.23. The van der Waals surface area contributed by atoms with E-state index >= 15 is 0 Å². The van der Waals surface area contributed by atoms with Gasteiger partial charge in [0.15, 0.2) is 0 Å². The molecule has 0 spiro atoms. The highest BCUT2D eigenvalue weighted by atomic mass is 16.5. The Morgan fingerprint density at radius 3 is 2.64 bits per heavy atom. The van der Waals surface area contributed by atoms with Crippen LogP contribution in [-0.4, -0.2) is 26.7 Å². The molecule has 0 atom stereocenters. The maximum Gasteiger partial charge on any atom is 0.119 e. The molecule has 14 heavy (non-hydrogen) atoms. The van der Waals surface area contributed by atoms with E-state index in [9.17, 15) is 0 Å². The monoisotopic (exact) mass is 191 g/mol. The number of nitrogens with one attached hydrogen (secondary N) is 1. The molecule has 0 aliphatic carbocycles. The second-order valence-electron chi connectivity index (χ2n) is 3.28. The van der Waals surface area contributed by atoms with Crippen LogP contribution in [0.2, 0.25) is 0 Å². The molecule has 0 aromatic heterocycles. The van der Waals surface area contributed by atoms with E-state index in [2.05, 4.69) is 28.9 Å². The molecule has 1 aliphatic rings. The van der Waals surface area contributed by atoms with Gasteiger partial charge in [-0.15, -0.1) is 0 Å². The average molecular weight is 191 g/mol. The largest absolute Gasteiger partial charge is 0.497 e. The molecule has 1 aromatic carbocycles. The minimum absolute atomic E-state index is 0.906. The zero-order chi connectivity index (χ0) is 9.80. The summed E-state index contributed by atoms with van der Waals surface area (Å²) in [6, 6.07) is 8.15. The number of ether oxygens (including phenoxy) is 1. The Kier molecular flexibility index (Phi) is 2.89. The van der Waals surface area contributed by atoms with Gasteiger partial charge in [-0.05, 0) is 24.3 Å². The lowest BCUT2D eigenvalue weighted by Crippen LogP contribution is -2.39. The highest BCUT2D eigenvalue weighted by Gasteiger charge is 2.10. The van der Waals surface area contributed by atoms with Crippen LogP contribution in [-0.2, 0) is 0 Å². The molecule has 0 amide bonds. The van der Waals surface area contributed by atoms with Crippen LogP contribution in [0.1, 0.15) is 0 Å². The first-order chi connectivity index (χ1) is 6.90. The van der Waals surface area contributed by atoms with Crippen molar-refractivity contribution in [3.05, 3.63) is 30.8 Å². The summed E-state index contributed by atoms with van der Waals surface area (Å²) < 4.78 is 5.12. The van der Waals surface area contributed by atoms with E-state index in [0.29, 0.717) is 0 Å². The van der Waals surface area contributed by atoms with E-state index in [0.717, 1.165) is 25.4 Å². The average Bonchev–Trinajstić information content (AvgIpc) is 2.30. The first-order valence-electron chi connectivity index (χ1n) is 4.85. The van der Waals surface area contributed by atoms with Crippen molar-refractivity contribution in [2.45, 2.75) is 0 Å². The first-order valence-corrected chi connectivity index (χ1v) is 4.85. The van der Waals surface area contributed by atoms with Crippen LogP contribution >= 0.6 is 0 Å². The van der Waals surface area contributed by atoms with E-state index in [1.165, 1.54) is 5.69 Å². The third kappa shape index (κ3) is 1.99. The fourth-order valence-electron chi connectivity index (χ4n) is 1.58. The Balaban J connectivity index is 2.07. The molecular weight excluding hydrogens is 176 g/mol. The summed E-state index contributed by atoms with van der Waals surface area (Å²) in [6.45, 7) is 5.20. The Bertz CT molecular complexity index is 278. The van der Waals surface area contributed by atoms with E-state index in [-0.39, 0.29) is 0 Å². The first kappa shape index (κ1) is 9.34. The van der Waals surface area contributed by atoms with Crippen molar-refractivity contribution in [1.82, 2.24) is 5.32 Å². The zero-order valence-corrected chi connectivity index (χ0v) is 8.36. The van der Waals surface area contributed by atoms with Crippen LogP contribution in [0.25, 0.3) is 0 Å². The van der Waals surface area contributed by atoms with Gasteiger partial charge in [0.05, 0.1) is 13.7 Å². The Morgan fingerprint density at radius 2 is 2.07 bits per heavy atom. The molecule has 2 rings (SSSR count). The van der Waals surface area contributed by atoms with Crippen molar-refractivity contribution in [3.8, 4) is 5.75 Å². The highest BCUT2D eigenvalue weighted by molar-refractivity contribution is 5.51. The summed E-state index contributed by atoms with van der Waals surface area (Å²) in [4.78, 5) is 2.26. The van der Waals surface area contributed by atoms with Gasteiger partial charge in [-0.25, -0.2) is 0 Å². The Labute approximate surface area is 84.7 Å². The van der Waals surface area contributed by atoms with Gasteiger partial charge < -0.3 is 15.0 Å². The Hall–Kier alpha value is -1.22. The van der Waals surface area contributed by atoms with E-state index in [1.54, 1.807) is 7.11 Å². The number of methoxy groups -OCH3 is 1. The molecule has 0 saturated carbocycles. The minimum Gasteiger partial charge on any atom is -0.497 e. The number of rotatable bonds is 2. The quantitative estimate of drug-likeness (QED) is 0.761. The van der Waals surface area contributed by atoms with Gasteiger partial charge in [0, 0.05) is 25.3 Å². The van der Waals surface area contributed by atoms with Crippen LogP contribution in [0.5, 0.6) is 5.75 Å². The number of nitrogens with zero attached hydrogens (tertiary/aromatic N) is 1. The number of hydrogen-bond acceptors (Lipinski definition) is 3. The second-order valence-corrected chi connectivity index (χ2v) is 3.28. The molecule has 0 bridgehead atoms. The predicted octanol–water partition coefficient (Wildman–Crippen LogP) is 1.27. The summed E-state index contributed by atoms with van der Waals surface area (Å²) in [5.74, 6) is 0.906. The number of benzene rings is 1. The summed E-state index contributed by atoms with van der Waals surface area (Å²) in [7, 11) is 1.69. The van der Waals surface area contributed by atoms with Crippen LogP contribution in [0.3, 0.4) is 0 Å². The van der Waals surface area contributed by atoms with E-state index in [1.807, 2.05) is 12.1 Å². The van der Waals surface area contributed by atoms with Gasteiger partial charge in [-0.1, -0.05) is 0 Å². The van der Waals surface area contributed by atoms with Gasteiger partial charge in [0.25, 0.3) is 0 Å². The van der Waals surface area contributed by atoms with Crippen molar-refractivity contribution in [1.29, 1.82) is 0 Å². The van der Waals surface area contributed by atoms with Gasteiger partial charge >= 0.3 is 0 Å². The molecule has 1 heterocycles. The Morgan fingerprint density at radius 1 is 1.29 bits per heavy atom. The molecule has 3 heteroatoms. The SMILES string of the molecule is COc1ccc(N2[CH]CNCC2)cc1. The topological polar surface area (TPSA) is 24.5 Å². The fraction of sp³-hybridized carbons (Fsp3) is 0.364. The third-order valence-corrected chi connectivity index (χ3v) is 2.39. The molecule has 1 fully saturated rings. The molecule has 1 aliphatic heterocycles. The van der Waals surface area contributed by atoms with Crippen LogP contribution < -0.4 is 15.0 Å². The predicted molar refractivity (Wildman–Crippen MR) is 57.5 cm³/mol. The smallest absolute Gasteiger partial charge is 0.119 e.